The monoisotopic (exact) mass is 571 g/mol. The van der Waals surface area contributed by atoms with Gasteiger partial charge in [-0.2, -0.15) is 0 Å². The summed E-state index contributed by atoms with van der Waals surface area (Å²) in [5.74, 6) is 3.69. The topological polar surface area (TPSA) is 112 Å². The molecule has 208 valence electrons. The van der Waals surface area contributed by atoms with Crippen LogP contribution in [-0.4, -0.2) is 84.0 Å². The zero-order valence-electron chi connectivity index (χ0n) is 22.1. The highest BCUT2D eigenvalue weighted by atomic mass is 35.5. The van der Waals surface area contributed by atoms with Crippen molar-refractivity contribution in [2.75, 3.05) is 50.1 Å². The average Bonchev–Trinajstić information content (AvgIpc) is 3.40. The molecule has 0 aliphatic carbocycles. The number of benzene rings is 2. The highest BCUT2D eigenvalue weighted by molar-refractivity contribution is 6.32. The van der Waals surface area contributed by atoms with Crippen molar-refractivity contribution < 1.29 is 19.0 Å². The Labute approximate surface area is 241 Å². The summed E-state index contributed by atoms with van der Waals surface area (Å²) in [6.45, 7) is 3.84. The molecule has 4 heterocycles. The summed E-state index contributed by atoms with van der Waals surface area (Å²) in [4.78, 5) is 23.6. The molecule has 3 aliphatic heterocycles. The molecule has 11 heteroatoms. The lowest BCUT2D eigenvalue weighted by Crippen LogP contribution is -2.36. The first-order valence-corrected chi connectivity index (χ1v) is 13.7. The zero-order valence-corrected chi connectivity index (χ0v) is 22.9. The van der Waals surface area contributed by atoms with Crippen LogP contribution in [0, 0.1) is 0 Å². The number of carbonyl (C=O) groups is 1. The highest BCUT2D eigenvalue weighted by Gasteiger charge is 2.35. The van der Waals surface area contributed by atoms with Crippen molar-refractivity contribution in [2.24, 2.45) is 0 Å². The van der Waals surface area contributed by atoms with Crippen molar-refractivity contribution in [1.82, 2.24) is 19.5 Å². The van der Waals surface area contributed by atoms with Gasteiger partial charge in [-0.1, -0.05) is 17.7 Å². The number of ether oxygens (including phenoxy) is 3. The fraction of sp³-hybridized carbons (Fsp3) is 0.267. The second-order valence-electron chi connectivity index (χ2n) is 9.70. The molecule has 2 saturated heterocycles. The van der Waals surface area contributed by atoms with E-state index < -0.39 is 0 Å². The van der Waals surface area contributed by atoms with Crippen LogP contribution in [0.5, 0.6) is 5.75 Å². The molecular weight excluding hydrogens is 544 g/mol. The van der Waals surface area contributed by atoms with Crippen LogP contribution in [0.25, 0.3) is 10.9 Å². The summed E-state index contributed by atoms with van der Waals surface area (Å²) in [7, 11) is 0. The molecule has 2 fully saturated rings. The summed E-state index contributed by atoms with van der Waals surface area (Å²) in [5.41, 5.74) is 2.84. The number of rotatable bonds is 9. The van der Waals surface area contributed by atoms with Crippen LogP contribution in [0.1, 0.15) is 0 Å². The van der Waals surface area contributed by atoms with Gasteiger partial charge in [0, 0.05) is 48.5 Å². The molecule has 2 N–H and O–H groups in total. The summed E-state index contributed by atoms with van der Waals surface area (Å²) in [6, 6.07) is 10.9. The normalized spacial score (nSPS) is 19.9. The number of hydrogen-bond donors (Lipinski definition) is 2. The van der Waals surface area contributed by atoms with Crippen molar-refractivity contribution >= 4 is 57.2 Å². The molecule has 3 aromatic rings. The molecule has 6 rings (SSSR count). The Kier molecular flexibility index (Phi) is 8.21. The van der Waals surface area contributed by atoms with Gasteiger partial charge in [0.1, 0.15) is 17.9 Å². The van der Waals surface area contributed by atoms with E-state index >= 15 is 0 Å². The van der Waals surface area contributed by atoms with Gasteiger partial charge in [-0.3, -0.25) is 9.69 Å². The van der Waals surface area contributed by atoms with E-state index in [0.29, 0.717) is 42.0 Å². The molecular formula is C30H28ClN6O4+. The highest BCUT2D eigenvalue weighted by Crippen LogP contribution is 2.31. The van der Waals surface area contributed by atoms with Crippen LogP contribution >= 0.6 is 11.6 Å². The van der Waals surface area contributed by atoms with Gasteiger partial charge < -0.3 is 24.8 Å². The molecule has 0 bridgehead atoms. The molecule has 2 atom stereocenters. The Morgan fingerprint density at radius 1 is 1.15 bits per heavy atom. The number of halogens is 1. The van der Waals surface area contributed by atoms with Crippen LogP contribution in [0.2, 0.25) is 5.02 Å². The summed E-state index contributed by atoms with van der Waals surface area (Å²) >= 11 is 6.48. The first-order chi connectivity index (χ1) is 20.1. The number of anilines is 3. The summed E-state index contributed by atoms with van der Waals surface area (Å²) < 4.78 is 21.4. The van der Waals surface area contributed by atoms with Crippen LogP contribution in [-0.2, 0) is 14.3 Å². The number of fused-ring (bicyclic) bond motifs is 2. The van der Waals surface area contributed by atoms with E-state index in [1.165, 1.54) is 6.33 Å². The maximum Gasteiger partial charge on any atom is 0.354 e. The predicted molar refractivity (Wildman–Crippen MR) is 159 cm³/mol. The van der Waals surface area contributed by atoms with E-state index in [2.05, 4.69) is 36.0 Å². The molecule has 1 amide bonds. The minimum Gasteiger partial charge on any atom is -0.480 e. The van der Waals surface area contributed by atoms with Crippen LogP contribution in [0.4, 0.5) is 17.2 Å². The van der Waals surface area contributed by atoms with E-state index in [0.717, 1.165) is 35.4 Å². The maximum absolute atomic E-state index is 12.6. The summed E-state index contributed by atoms with van der Waals surface area (Å²) in [5, 5.41) is 7.41. The van der Waals surface area contributed by atoms with Crippen molar-refractivity contribution in [1.29, 1.82) is 0 Å². The number of aromatic nitrogens is 2. The number of carbonyl (C=O) groups excluding carboxylic acids is 1. The van der Waals surface area contributed by atoms with E-state index in [4.69, 9.17) is 25.8 Å². The molecule has 0 radical (unpaired) electrons. The molecule has 1 aromatic heterocycles. The fourth-order valence-corrected chi connectivity index (χ4v) is 5.07. The predicted octanol–water partition coefficient (Wildman–Crippen LogP) is 3.30. The van der Waals surface area contributed by atoms with E-state index in [-0.39, 0.29) is 24.7 Å². The van der Waals surface area contributed by atoms with Crippen molar-refractivity contribution in [2.45, 2.75) is 12.2 Å². The van der Waals surface area contributed by atoms with Gasteiger partial charge >= 0.3 is 11.6 Å². The third-order valence-corrected chi connectivity index (χ3v) is 7.11. The number of amides is 1. The zero-order chi connectivity index (χ0) is 28.0. The Bertz CT molecular complexity index is 1610. The minimum atomic E-state index is -0.217. The Morgan fingerprint density at radius 3 is 2.76 bits per heavy atom. The van der Waals surface area contributed by atoms with Gasteiger partial charge in [0.05, 0.1) is 42.0 Å². The Hall–Kier alpha value is -4.27. The van der Waals surface area contributed by atoms with Crippen molar-refractivity contribution in [3.63, 3.8) is 0 Å². The third kappa shape index (κ3) is 6.73. The van der Waals surface area contributed by atoms with Crippen LogP contribution < -0.4 is 20.0 Å². The van der Waals surface area contributed by atoms with Crippen molar-refractivity contribution in [3.8, 4) is 5.75 Å². The quantitative estimate of drug-likeness (QED) is 0.297. The fourth-order valence-electron chi connectivity index (χ4n) is 4.84. The number of likely N-dealkylation sites (tertiary alicyclic amines) is 1. The van der Waals surface area contributed by atoms with E-state index in [9.17, 15) is 4.79 Å². The van der Waals surface area contributed by atoms with E-state index in [1.807, 2.05) is 42.5 Å². The standard InChI is InChI=1S/C30H27ClN6O4/c31-24-15-21(7-9-26(24)41-18-22-4-1-2-10-32-22)36-30-23-14-20(6-8-25(23)33-19-34-30)35-29(38)5-3-11-37-16-27-28(17-37)40-13-12-39-27/h1-9,14-15,19,27-28H,11-13,16-18H2,(H-,33,34,35,36,38)/p+1. The number of allylic oxidation sites excluding steroid dienone is 2. The Balaban J connectivity index is 1.08. The second-order valence-corrected chi connectivity index (χ2v) is 10.1. The number of hydrogen-bond acceptors (Lipinski definition) is 8. The molecule has 41 heavy (non-hydrogen) atoms. The Morgan fingerprint density at radius 2 is 1.98 bits per heavy atom. The van der Waals surface area contributed by atoms with Crippen LogP contribution in [0.3, 0.4) is 0 Å². The number of nitrogens with zero attached hydrogens (tertiary/aromatic N) is 4. The van der Waals surface area contributed by atoms with Crippen LogP contribution in [0.15, 0.2) is 73.1 Å². The van der Waals surface area contributed by atoms with Gasteiger partial charge in [-0.25, -0.2) is 9.97 Å². The van der Waals surface area contributed by atoms with Gasteiger partial charge in [0.2, 0.25) is 5.91 Å². The lowest BCUT2D eigenvalue weighted by molar-refractivity contribution is -0.116. The first-order valence-electron chi connectivity index (χ1n) is 13.3. The molecule has 2 aromatic carbocycles. The third-order valence-electron chi connectivity index (χ3n) is 6.81. The smallest absolute Gasteiger partial charge is 0.354 e. The van der Waals surface area contributed by atoms with Gasteiger partial charge in [0.25, 0.3) is 0 Å². The second kappa shape index (κ2) is 12.5. The SMILES string of the molecule is O=C(C=CCN1CC2OCCOC2C1)Nc1ccc2ncnc(Nc3ccc(OCC4=[N+]=C=CC=C4)c(Cl)c3)c2c1. The number of nitrogens with one attached hydrogen (secondary N) is 2. The molecule has 3 aliphatic rings. The summed E-state index contributed by atoms with van der Waals surface area (Å²) in [6.07, 6.45) is 10.6. The average molecular weight is 572 g/mol. The molecule has 0 spiro atoms. The first kappa shape index (κ1) is 26.9. The lowest BCUT2D eigenvalue weighted by Gasteiger charge is -2.24. The molecule has 10 nitrogen and oxygen atoms in total. The van der Waals surface area contributed by atoms with E-state index in [1.54, 1.807) is 24.3 Å². The minimum absolute atomic E-state index is 0.118. The van der Waals surface area contributed by atoms with Gasteiger partial charge in [0.15, 0.2) is 6.61 Å². The molecule has 0 saturated carbocycles. The maximum atomic E-state index is 12.6. The van der Waals surface area contributed by atoms with Gasteiger partial charge in [-0.15, -0.1) is 0 Å². The van der Waals surface area contributed by atoms with Crippen molar-refractivity contribution in [3.05, 3.63) is 78.1 Å². The van der Waals surface area contributed by atoms with Gasteiger partial charge in [-0.05, 0) is 47.1 Å². The molecule has 2 unspecified atom stereocenters. The largest absolute Gasteiger partial charge is 0.480 e. The lowest BCUT2D eigenvalue weighted by atomic mass is 10.2.